The fourth-order valence-electron chi connectivity index (χ4n) is 0.491. The zero-order valence-corrected chi connectivity index (χ0v) is 5.97. The molecule has 0 unspecified atom stereocenters. The highest BCUT2D eigenvalue weighted by Gasteiger charge is 1.83. The van der Waals surface area contributed by atoms with Gasteiger partial charge in [0.25, 0.3) is 0 Å². The van der Waals surface area contributed by atoms with E-state index in [1.54, 1.807) is 17.6 Å². The third-order valence-corrected chi connectivity index (χ3v) is 1.59. The Labute approximate surface area is 62.4 Å². The first-order chi connectivity index (χ1) is 4.93. The third kappa shape index (κ3) is 1.99. The Morgan fingerprint density at radius 1 is 1.70 bits per heavy atom. The molecule has 1 heterocycles. The van der Waals surface area contributed by atoms with Gasteiger partial charge in [0.1, 0.15) is 0 Å². The molecule has 0 aliphatic carbocycles. The molecule has 1 amide bonds. The lowest BCUT2D eigenvalue weighted by atomic mass is 10.4. The molecular weight excluding hydrogens is 148 g/mol. The zero-order valence-electron chi connectivity index (χ0n) is 5.15. The van der Waals surface area contributed by atoms with Crippen molar-refractivity contribution in [2.75, 3.05) is 0 Å². The lowest BCUT2D eigenvalue weighted by molar-refractivity contribution is -0.109. The van der Waals surface area contributed by atoms with Crippen LogP contribution in [0, 0.1) is 0 Å². The van der Waals surface area contributed by atoms with E-state index >= 15 is 0 Å². The molecule has 0 bridgehead atoms. The summed E-state index contributed by atoms with van der Waals surface area (Å²) in [5.74, 6) is 0. The molecule has 0 saturated carbocycles. The van der Waals surface area contributed by atoms with Gasteiger partial charge in [-0.15, -0.1) is 0 Å². The second-order valence-corrected chi connectivity index (χ2v) is 2.34. The van der Waals surface area contributed by atoms with Crippen LogP contribution in [0.15, 0.2) is 21.9 Å². The Morgan fingerprint density at radius 2 is 2.60 bits per heavy atom. The van der Waals surface area contributed by atoms with Crippen LogP contribution in [-0.4, -0.2) is 12.6 Å². The maximum Gasteiger partial charge on any atom is 0.227 e. The minimum Gasteiger partial charge on any atom is -0.277 e. The molecule has 0 aliphatic heterocycles. The van der Waals surface area contributed by atoms with Crippen molar-refractivity contribution in [2.45, 2.75) is 0 Å². The van der Waals surface area contributed by atoms with Gasteiger partial charge in [-0.1, -0.05) is 0 Å². The standard InChI is InChI=1S/C6H6N2OS/c9-5-8-7-3-6-1-2-10-4-6/h1-5H,(H,8,9)/b7-3+. The van der Waals surface area contributed by atoms with Crippen molar-refractivity contribution in [1.29, 1.82) is 0 Å². The van der Waals surface area contributed by atoms with Gasteiger partial charge in [0, 0.05) is 5.56 Å². The van der Waals surface area contributed by atoms with Crippen molar-refractivity contribution in [3.05, 3.63) is 22.4 Å². The second kappa shape index (κ2) is 3.79. The molecule has 0 fully saturated rings. The highest BCUT2D eigenvalue weighted by atomic mass is 32.1. The van der Waals surface area contributed by atoms with Crippen LogP contribution in [0.25, 0.3) is 0 Å². The fourth-order valence-corrected chi connectivity index (χ4v) is 1.10. The molecular formula is C6H6N2OS. The van der Waals surface area contributed by atoms with Gasteiger partial charge in [0.15, 0.2) is 0 Å². The predicted octanol–water partition coefficient (Wildman–Crippen LogP) is 0.828. The fraction of sp³-hybridized carbons (Fsp3) is 0. The Hall–Kier alpha value is -1.16. The lowest BCUT2D eigenvalue weighted by Crippen LogP contribution is -1.99. The summed E-state index contributed by atoms with van der Waals surface area (Å²) in [5.41, 5.74) is 3.18. The van der Waals surface area contributed by atoms with E-state index in [1.807, 2.05) is 16.8 Å². The number of hydrogen-bond donors (Lipinski definition) is 1. The molecule has 0 aromatic carbocycles. The molecule has 4 heteroatoms. The Kier molecular flexibility index (Phi) is 2.63. The van der Waals surface area contributed by atoms with Crippen molar-refractivity contribution >= 4 is 24.0 Å². The molecule has 0 atom stereocenters. The molecule has 0 radical (unpaired) electrons. The number of thiophene rings is 1. The summed E-state index contributed by atoms with van der Waals surface area (Å²) in [5, 5.41) is 7.48. The molecule has 0 spiro atoms. The van der Waals surface area contributed by atoms with Gasteiger partial charge in [0.05, 0.1) is 6.21 Å². The molecule has 1 aromatic rings. The maximum absolute atomic E-state index is 9.71. The molecule has 0 saturated heterocycles. The van der Waals surface area contributed by atoms with E-state index < -0.39 is 0 Å². The summed E-state index contributed by atoms with van der Waals surface area (Å²) >= 11 is 1.59. The van der Waals surface area contributed by atoms with Crippen LogP contribution < -0.4 is 5.43 Å². The molecule has 52 valence electrons. The Morgan fingerprint density at radius 3 is 3.20 bits per heavy atom. The monoisotopic (exact) mass is 154 g/mol. The predicted molar refractivity (Wildman–Crippen MR) is 41.1 cm³/mol. The lowest BCUT2D eigenvalue weighted by Gasteiger charge is -1.81. The van der Waals surface area contributed by atoms with Crippen molar-refractivity contribution in [3.63, 3.8) is 0 Å². The third-order valence-electron chi connectivity index (χ3n) is 0.884. The SMILES string of the molecule is O=CN/N=C/c1ccsc1. The first-order valence-electron chi connectivity index (χ1n) is 2.68. The number of carbonyl (C=O) groups excluding carboxylic acids is 1. The highest BCUT2D eigenvalue weighted by Crippen LogP contribution is 2.01. The normalized spacial score (nSPS) is 10.0. The van der Waals surface area contributed by atoms with Crippen LogP contribution in [0.4, 0.5) is 0 Å². The smallest absolute Gasteiger partial charge is 0.227 e. The Bertz CT molecular complexity index is 218. The van der Waals surface area contributed by atoms with Gasteiger partial charge < -0.3 is 0 Å². The van der Waals surface area contributed by atoms with Gasteiger partial charge in [-0.2, -0.15) is 16.4 Å². The highest BCUT2D eigenvalue weighted by molar-refractivity contribution is 7.08. The number of hydrogen-bond acceptors (Lipinski definition) is 3. The second-order valence-electron chi connectivity index (χ2n) is 1.56. The maximum atomic E-state index is 9.71. The summed E-state index contributed by atoms with van der Waals surface area (Å²) in [6.07, 6.45) is 2.12. The molecule has 1 aromatic heterocycles. The number of nitrogens with one attached hydrogen (secondary N) is 1. The van der Waals surface area contributed by atoms with Crippen LogP contribution in [0.3, 0.4) is 0 Å². The molecule has 1 N–H and O–H groups in total. The topological polar surface area (TPSA) is 41.5 Å². The van der Waals surface area contributed by atoms with Gasteiger partial charge in [-0.05, 0) is 16.8 Å². The number of rotatable bonds is 3. The average molecular weight is 154 g/mol. The first-order valence-corrected chi connectivity index (χ1v) is 3.62. The minimum absolute atomic E-state index is 0.531. The van der Waals surface area contributed by atoms with Gasteiger partial charge in [-0.25, -0.2) is 5.43 Å². The zero-order chi connectivity index (χ0) is 7.23. The van der Waals surface area contributed by atoms with E-state index in [4.69, 9.17) is 0 Å². The molecule has 1 rings (SSSR count). The van der Waals surface area contributed by atoms with Crippen LogP contribution in [0.2, 0.25) is 0 Å². The van der Waals surface area contributed by atoms with E-state index in [0.29, 0.717) is 6.41 Å². The van der Waals surface area contributed by atoms with E-state index in [1.165, 1.54) is 0 Å². The van der Waals surface area contributed by atoms with Crippen molar-refractivity contribution in [2.24, 2.45) is 5.10 Å². The number of carbonyl (C=O) groups is 1. The van der Waals surface area contributed by atoms with E-state index in [2.05, 4.69) is 10.5 Å². The van der Waals surface area contributed by atoms with E-state index in [-0.39, 0.29) is 0 Å². The summed E-state index contributed by atoms with van der Waals surface area (Å²) in [4.78, 5) is 9.71. The van der Waals surface area contributed by atoms with Crippen LogP contribution in [0.1, 0.15) is 5.56 Å². The average Bonchev–Trinajstić information content (AvgIpc) is 2.41. The number of amides is 1. The summed E-state index contributed by atoms with van der Waals surface area (Å²) in [7, 11) is 0. The van der Waals surface area contributed by atoms with Gasteiger partial charge >= 0.3 is 0 Å². The molecule has 0 aliphatic rings. The van der Waals surface area contributed by atoms with E-state index in [9.17, 15) is 4.79 Å². The van der Waals surface area contributed by atoms with Crippen molar-refractivity contribution < 1.29 is 4.79 Å². The quantitative estimate of drug-likeness (QED) is 0.391. The number of nitrogens with zero attached hydrogens (tertiary/aromatic N) is 1. The van der Waals surface area contributed by atoms with Gasteiger partial charge in [-0.3, -0.25) is 4.79 Å². The summed E-state index contributed by atoms with van der Waals surface area (Å²) < 4.78 is 0. The van der Waals surface area contributed by atoms with E-state index in [0.717, 1.165) is 5.56 Å². The molecule has 10 heavy (non-hydrogen) atoms. The number of hydrazone groups is 1. The molecule has 3 nitrogen and oxygen atoms in total. The van der Waals surface area contributed by atoms with Gasteiger partial charge in [0.2, 0.25) is 6.41 Å². The first kappa shape index (κ1) is 6.95. The largest absolute Gasteiger partial charge is 0.277 e. The van der Waals surface area contributed by atoms with Crippen molar-refractivity contribution in [1.82, 2.24) is 5.43 Å². The Balaban J connectivity index is 2.47. The minimum atomic E-state index is 0.531. The van der Waals surface area contributed by atoms with Crippen molar-refractivity contribution in [3.8, 4) is 0 Å². The van der Waals surface area contributed by atoms with Crippen LogP contribution >= 0.6 is 11.3 Å². The van der Waals surface area contributed by atoms with Crippen LogP contribution in [-0.2, 0) is 4.79 Å². The van der Waals surface area contributed by atoms with Crippen LogP contribution in [0.5, 0.6) is 0 Å². The summed E-state index contributed by atoms with van der Waals surface area (Å²) in [6, 6.07) is 1.92. The summed E-state index contributed by atoms with van der Waals surface area (Å²) in [6.45, 7) is 0.